The van der Waals surface area contributed by atoms with Gasteiger partial charge in [-0.25, -0.2) is 4.79 Å². The van der Waals surface area contributed by atoms with E-state index in [1.54, 1.807) is 6.07 Å². The van der Waals surface area contributed by atoms with Crippen LogP contribution in [0.1, 0.15) is 66.1 Å². The number of unbranched alkanes of at least 4 members (excludes halogenated alkanes) is 3. The quantitative estimate of drug-likeness (QED) is 0.672. The predicted molar refractivity (Wildman–Crippen MR) is 79.0 cm³/mol. The van der Waals surface area contributed by atoms with Gasteiger partial charge in [0.15, 0.2) is 0 Å². The van der Waals surface area contributed by atoms with Crippen LogP contribution >= 0.6 is 11.3 Å². The SMILES string of the molecule is CCCCCCC(C)OCc1cc(C(=O)O)sc1C. The smallest absolute Gasteiger partial charge is 0.345 e. The molecule has 1 rings (SSSR count). The number of carboxylic acid groups (broad SMARTS) is 1. The van der Waals surface area contributed by atoms with Gasteiger partial charge in [-0.2, -0.15) is 0 Å². The first-order valence-electron chi connectivity index (χ1n) is 6.98. The lowest BCUT2D eigenvalue weighted by molar-refractivity contribution is 0.0458. The fraction of sp³-hybridized carbons (Fsp3) is 0.667. The van der Waals surface area contributed by atoms with Crippen LogP contribution in [0.15, 0.2) is 6.07 Å². The van der Waals surface area contributed by atoms with E-state index < -0.39 is 5.97 Å². The van der Waals surface area contributed by atoms with Crippen LogP contribution in [0.2, 0.25) is 0 Å². The van der Waals surface area contributed by atoms with Crippen molar-refractivity contribution in [1.82, 2.24) is 0 Å². The van der Waals surface area contributed by atoms with Crippen molar-refractivity contribution in [3.63, 3.8) is 0 Å². The van der Waals surface area contributed by atoms with Gasteiger partial charge < -0.3 is 9.84 Å². The highest BCUT2D eigenvalue weighted by molar-refractivity contribution is 7.14. The monoisotopic (exact) mass is 284 g/mol. The first kappa shape index (κ1) is 16.2. The van der Waals surface area contributed by atoms with Crippen molar-refractivity contribution < 1.29 is 14.6 Å². The number of thiophene rings is 1. The maximum absolute atomic E-state index is 10.9. The van der Waals surface area contributed by atoms with Crippen molar-refractivity contribution in [3.05, 3.63) is 21.4 Å². The summed E-state index contributed by atoms with van der Waals surface area (Å²) in [5, 5.41) is 8.94. The van der Waals surface area contributed by atoms with Crippen molar-refractivity contribution in [2.45, 2.75) is 65.6 Å². The van der Waals surface area contributed by atoms with Crippen molar-refractivity contribution in [2.24, 2.45) is 0 Å². The molecule has 0 saturated carbocycles. The average Bonchev–Trinajstić information content (AvgIpc) is 2.74. The van der Waals surface area contributed by atoms with Gasteiger partial charge in [0.25, 0.3) is 0 Å². The van der Waals surface area contributed by atoms with Crippen LogP contribution in [0, 0.1) is 6.92 Å². The topological polar surface area (TPSA) is 46.5 Å². The molecule has 0 aliphatic rings. The third-order valence-electron chi connectivity index (χ3n) is 3.22. The van der Waals surface area contributed by atoms with Gasteiger partial charge in [0.2, 0.25) is 0 Å². The Bertz CT molecular complexity index is 398. The zero-order valence-electron chi connectivity index (χ0n) is 12.1. The van der Waals surface area contributed by atoms with Gasteiger partial charge in [-0.1, -0.05) is 32.6 Å². The van der Waals surface area contributed by atoms with Crippen molar-refractivity contribution in [2.75, 3.05) is 0 Å². The third kappa shape index (κ3) is 5.74. The molecule has 0 aromatic carbocycles. The largest absolute Gasteiger partial charge is 0.477 e. The van der Waals surface area contributed by atoms with E-state index in [4.69, 9.17) is 9.84 Å². The summed E-state index contributed by atoms with van der Waals surface area (Å²) in [6.07, 6.45) is 6.33. The van der Waals surface area contributed by atoms with Crippen LogP contribution < -0.4 is 0 Å². The highest BCUT2D eigenvalue weighted by Crippen LogP contribution is 2.23. The number of aryl methyl sites for hydroxylation is 1. The Balaban J connectivity index is 2.33. The van der Waals surface area contributed by atoms with Crippen molar-refractivity contribution in [1.29, 1.82) is 0 Å². The maximum Gasteiger partial charge on any atom is 0.345 e. The van der Waals surface area contributed by atoms with Crippen LogP contribution in [-0.4, -0.2) is 17.2 Å². The van der Waals surface area contributed by atoms with E-state index in [0.717, 1.165) is 16.9 Å². The van der Waals surface area contributed by atoms with E-state index in [-0.39, 0.29) is 6.10 Å². The summed E-state index contributed by atoms with van der Waals surface area (Å²) in [6.45, 7) is 6.76. The van der Waals surface area contributed by atoms with Crippen molar-refractivity contribution >= 4 is 17.3 Å². The summed E-state index contributed by atoms with van der Waals surface area (Å²) in [6, 6.07) is 1.73. The predicted octanol–water partition coefficient (Wildman–Crippen LogP) is 4.63. The molecule has 0 saturated heterocycles. The molecule has 0 fully saturated rings. The molecule has 0 aliphatic carbocycles. The number of carbonyl (C=O) groups is 1. The summed E-state index contributed by atoms with van der Waals surface area (Å²) in [5.41, 5.74) is 1.00. The van der Waals surface area contributed by atoms with E-state index in [9.17, 15) is 4.79 Å². The molecule has 108 valence electrons. The van der Waals surface area contributed by atoms with Gasteiger partial charge in [-0.05, 0) is 31.9 Å². The van der Waals surface area contributed by atoms with Crippen molar-refractivity contribution in [3.8, 4) is 0 Å². The van der Waals surface area contributed by atoms with Crippen LogP contribution in [0.3, 0.4) is 0 Å². The van der Waals surface area contributed by atoms with E-state index in [2.05, 4.69) is 13.8 Å². The Morgan fingerprint density at radius 2 is 2.16 bits per heavy atom. The molecule has 0 spiro atoms. The average molecular weight is 284 g/mol. The molecule has 19 heavy (non-hydrogen) atoms. The molecule has 0 amide bonds. The second-order valence-corrected chi connectivity index (χ2v) is 6.22. The molecule has 0 aliphatic heterocycles. The summed E-state index contributed by atoms with van der Waals surface area (Å²) in [7, 11) is 0. The fourth-order valence-electron chi connectivity index (χ4n) is 1.94. The lowest BCUT2D eigenvalue weighted by Crippen LogP contribution is -2.08. The highest BCUT2D eigenvalue weighted by Gasteiger charge is 2.12. The lowest BCUT2D eigenvalue weighted by atomic mass is 10.1. The summed E-state index contributed by atoms with van der Waals surface area (Å²) in [4.78, 5) is 12.3. The highest BCUT2D eigenvalue weighted by atomic mass is 32.1. The molecule has 1 unspecified atom stereocenters. The van der Waals surface area contributed by atoms with Gasteiger partial charge in [-0.3, -0.25) is 0 Å². The standard InChI is InChI=1S/C15H24O3S/c1-4-5-6-7-8-11(2)18-10-13-9-14(15(16)17)19-12(13)3/h9,11H,4-8,10H2,1-3H3,(H,16,17). The Kier molecular flexibility index (Phi) is 7.10. The first-order valence-corrected chi connectivity index (χ1v) is 7.80. The van der Waals surface area contributed by atoms with Crippen LogP contribution in [-0.2, 0) is 11.3 Å². The Morgan fingerprint density at radius 1 is 1.42 bits per heavy atom. The normalized spacial score (nSPS) is 12.6. The van der Waals surface area contributed by atoms with E-state index in [0.29, 0.717) is 11.5 Å². The summed E-state index contributed by atoms with van der Waals surface area (Å²) >= 11 is 1.32. The molecular weight excluding hydrogens is 260 g/mol. The van der Waals surface area contributed by atoms with Crippen LogP contribution in [0.5, 0.6) is 0 Å². The Morgan fingerprint density at radius 3 is 2.74 bits per heavy atom. The van der Waals surface area contributed by atoms with Gasteiger partial charge in [-0.15, -0.1) is 11.3 Å². The molecule has 0 radical (unpaired) electrons. The van der Waals surface area contributed by atoms with Gasteiger partial charge in [0.05, 0.1) is 12.7 Å². The minimum Gasteiger partial charge on any atom is -0.477 e. The molecule has 1 heterocycles. The van der Waals surface area contributed by atoms with E-state index >= 15 is 0 Å². The second-order valence-electron chi connectivity index (χ2n) is 4.97. The third-order valence-corrected chi connectivity index (χ3v) is 4.30. The minimum absolute atomic E-state index is 0.240. The van der Waals surface area contributed by atoms with Crippen LogP contribution in [0.4, 0.5) is 0 Å². The zero-order valence-corrected chi connectivity index (χ0v) is 12.9. The molecule has 1 aromatic rings. The molecule has 1 atom stereocenters. The second kappa shape index (κ2) is 8.33. The Hall–Kier alpha value is -0.870. The first-order chi connectivity index (χ1) is 9.04. The fourth-order valence-corrected chi connectivity index (χ4v) is 2.81. The number of ether oxygens (including phenoxy) is 1. The van der Waals surface area contributed by atoms with E-state index in [1.807, 2.05) is 6.92 Å². The van der Waals surface area contributed by atoms with Gasteiger partial charge in [0.1, 0.15) is 4.88 Å². The summed E-state index contributed by atoms with van der Waals surface area (Å²) in [5.74, 6) is -0.855. The lowest BCUT2D eigenvalue weighted by Gasteiger charge is -2.12. The zero-order chi connectivity index (χ0) is 14.3. The molecular formula is C15H24O3S. The molecule has 4 heteroatoms. The molecule has 3 nitrogen and oxygen atoms in total. The molecule has 1 N–H and O–H groups in total. The number of aromatic carboxylic acids is 1. The molecule has 0 bridgehead atoms. The number of hydrogen-bond donors (Lipinski definition) is 1. The Labute approximate surface area is 119 Å². The number of rotatable bonds is 9. The van der Waals surface area contributed by atoms with Crippen LogP contribution in [0.25, 0.3) is 0 Å². The van der Waals surface area contributed by atoms with Gasteiger partial charge in [0, 0.05) is 4.88 Å². The van der Waals surface area contributed by atoms with Gasteiger partial charge >= 0.3 is 5.97 Å². The molecule has 1 aromatic heterocycles. The minimum atomic E-state index is -0.855. The summed E-state index contributed by atoms with van der Waals surface area (Å²) < 4.78 is 5.80. The number of hydrogen-bond acceptors (Lipinski definition) is 3. The maximum atomic E-state index is 10.9. The number of carboxylic acids is 1. The van der Waals surface area contributed by atoms with E-state index in [1.165, 1.54) is 37.0 Å².